The van der Waals surface area contributed by atoms with E-state index in [1.807, 2.05) is 18.4 Å². The number of rotatable bonds is 5. The number of nitrogens with zero attached hydrogens (tertiary/aromatic N) is 1. The summed E-state index contributed by atoms with van der Waals surface area (Å²) in [6, 6.07) is 10.3. The summed E-state index contributed by atoms with van der Waals surface area (Å²) in [6.07, 6.45) is 0. The first-order valence-electron chi connectivity index (χ1n) is 7.77. The van der Waals surface area contributed by atoms with Gasteiger partial charge in [-0.2, -0.15) is 0 Å². The summed E-state index contributed by atoms with van der Waals surface area (Å²) in [5.41, 5.74) is 2.60. The van der Waals surface area contributed by atoms with Gasteiger partial charge in [-0.3, -0.25) is 4.79 Å². The van der Waals surface area contributed by atoms with Crippen LogP contribution in [0, 0.1) is 6.92 Å². The molecule has 0 fully saturated rings. The zero-order chi connectivity index (χ0) is 18.7. The molecule has 5 nitrogen and oxygen atoms in total. The lowest BCUT2D eigenvalue weighted by Gasteiger charge is -2.12. The summed E-state index contributed by atoms with van der Waals surface area (Å²) >= 11 is 7.84. The van der Waals surface area contributed by atoms with Crippen LogP contribution >= 0.6 is 22.9 Å². The highest BCUT2D eigenvalue weighted by atomic mass is 35.5. The normalized spacial score (nSPS) is 10.5. The third-order valence-electron chi connectivity index (χ3n) is 3.77. The van der Waals surface area contributed by atoms with Crippen molar-refractivity contribution in [3.63, 3.8) is 0 Å². The molecule has 0 unspecified atom stereocenters. The summed E-state index contributed by atoms with van der Waals surface area (Å²) in [7, 11) is 3.07. The molecule has 1 amide bonds. The molecule has 0 spiro atoms. The van der Waals surface area contributed by atoms with Crippen LogP contribution in [0.15, 0.2) is 41.8 Å². The van der Waals surface area contributed by atoms with Crippen molar-refractivity contribution < 1.29 is 14.3 Å². The summed E-state index contributed by atoms with van der Waals surface area (Å²) in [4.78, 5) is 17.1. The molecule has 1 N–H and O–H groups in total. The monoisotopic (exact) mass is 388 g/mol. The van der Waals surface area contributed by atoms with Crippen LogP contribution in [-0.4, -0.2) is 25.1 Å². The fraction of sp³-hybridized carbons (Fsp3) is 0.158. The summed E-state index contributed by atoms with van der Waals surface area (Å²) in [5, 5.41) is 6.34. The molecule has 0 bridgehead atoms. The zero-order valence-corrected chi connectivity index (χ0v) is 16.1. The number of carbonyl (C=O) groups is 1. The third-order valence-corrected chi connectivity index (χ3v) is 4.88. The van der Waals surface area contributed by atoms with Gasteiger partial charge in [-0.25, -0.2) is 4.98 Å². The second kappa shape index (κ2) is 7.76. The molecule has 1 aromatic heterocycles. The molecule has 134 valence electrons. The predicted octanol–water partition coefficient (Wildman–Crippen LogP) is 5.04. The van der Waals surface area contributed by atoms with Gasteiger partial charge >= 0.3 is 0 Å². The van der Waals surface area contributed by atoms with E-state index in [9.17, 15) is 4.79 Å². The maximum absolute atomic E-state index is 12.7. The Morgan fingerprint density at radius 3 is 2.62 bits per heavy atom. The first-order valence-corrected chi connectivity index (χ1v) is 9.03. The second-order valence-corrected chi connectivity index (χ2v) is 6.94. The van der Waals surface area contributed by atoms with Crippen molar-refractivity contribution in [3.8, 4) is 22.8 Å². The van der Waals surface area contributed by atoms with Gasteiger partial charge < -0.3 is 14.8 Å². The third kappa shape index (κ3) is 3.81. The van der Waals surface area contributed by atoms with Crippen molar-refractivity contribution in [2.75, 3.05) is 19.5 Å². The number of anilines is 1. The van der Waals surface area contributed by atoms with Gasteiger partial charge in [0.25, 0.3) is 5.91 Å². The summed E-state index contributed by atoms with van der Waals surface area (Å²) in [6.45, 7) is 1.93. The van der Waals surface area contributed by atoms with E-state index in [2.05, 4.69) is 10.3 Å². The number of aromatic nitrogens is 1. The molecule has 0 aliphatic heterocycles. The molecular weight excluding hydrogens is 372 g/mol. The number of halogens is 1. The van der Waals surface area contributed by atoms with E-state index in [-0.39, 0.29) is 5.91 Å². The highest BCUT2D eigenvalue weighted by Crippen LogP contribution is 2.32. The topological polar surface area (TPSA) is 60.5 Å². The number of hydrogen-bond donors (Lipinski definition) is 1. The van der Waals surface area contributed by atoms with Crippen molar-refractivity contribution in [2.45, 2.75) is 6.92 Å². The Kier molecular flexibility index (Phi) is 5.44. The van der Waals surface area contributed by atoms with Crippen LogP contribution < -0.4 is 14.8 Å². The van der Waals surface area contributed by atoms with Gasteiger partial charge in [0.2, 0.25) is 0 Å². The predicted molar refractivity (Wildman–Crippen MR) is 105 cm³/mol. The molecule has 0 saturated heterocycles. The smallest absolute Gasteiger partial charge is 0.259 e. The van der Waals surface area contributed by atoms with E-state index in [0.29, 0.717) is 27.8 Å². The van der Waals surface area contributed by atoms with Crippen LogP contribution in [0.1, 0.15) is 15.4 Å². The summed E-state index contributed by atoms with van der Waals surface area (Å²) < 4.78 is 10.4. The maximum atomic E-state index is 12.7. The van der Waals surface area contributed by atoms with E-state index in [1.165, 1.54) is 7.11 Å². The average molecular weight is 389 g/mol. The molecule has 3 rings (SSSR count). The molecule has 3 aromatic rings. The van der Waals surface area contributed by atoms with Gasteiger partial charge in [0, 0.05) is 22.7 Å². The Morgan fingerprint density at radius 1 is 1.15 bits per heavy atom. The quantitative estimate of drug-likeness (QED) is 0.665. The minimum absolute atomic E-state index is 0.285. The number of amides is 1. The van der Waals surface area contributed by atoms with Gasteiger partial charge in [0.15, 0.2) is 0 Å². The minimum Gasteiger partial charge on any atom is -0.497 e. The molecule has 1 heterocycles. The Labute approximate surface area is 160 Å². The van der Waals surface area contributed by atoms with Crippen LogP contribution in [0.5, 0.6) is 11.5 Å². The second-order valence-electron chi connectivity index (χ2n) is 5.47. The minimum atomic E-state index is -0.285. The van der Waals surface area contributed by atoms with Crippen LogP contribution in [0.4, 0.5) is 5.69 Å². The maximum Gasteiger partial charge on any atom is 0.259 e. The van der Waals surface area contributed by atoms with Gasteiger partial charge in [0.05, 0.1) is 35.5 Å². The van der Waals surface area contributed by atoms with Gasteiger partial charge in [-0.05, 0) is 37.3 Å². The fourth-order valence-corrected chi connectivity index (χ4v) is 3.30. The van der Waals surface area contributed by atoms with Crippen LogP contribution in [0.3, 0.4) is 0 Å². The van der Waals surface area contributed by atoms with E-state index < -0.39 is 0 Å². The molecular formula is C19H17ClN2O3S. The number of hydrogen-bond acceptors (Lipinski definition) is 5. The van der Waals surface area contributed by atoms with E-state index in [0.717, 1.165) is 16.3 Å². The molecule has 0 atom stereocenters. The zero-order valence-electron chi connectivity index (χ0n) is 14.5. The lowest BCUT2D eigenvalue weighted by atomic mass is 10.1. The van der Waals surface area contributed by atoms with E-state index in [1.54, 1.807) is 48.8 Å². The number of benzene rings is 2. The van der Waals surface area contributed by atoms with Gasteiger partial charge in [-0.15, -0.1) is 11.3 Å². The van der Waals surface area contributed by atoms with Crippen molar-refractivity contribution in [2.24, 2.45) is 0 Å². The lowest BCUT2D eigenvalue weighted by Crippen LogP contribution is -2.13. The highest BCUT2D eigenvalue weighted by Gasteiger charge is 2.15. The van der Waals surface area contributed by atoms with Gasteiger partial charge in [-0.1, -0.05) is 11.6 Å². The standard InChI is InChI=1S/C19H17ClN2O3S/c1-11-21-17(10-26-11)15-8-12(4-7-16(15)20)22-19(23)14-6-5-13(24-2)9-18(14)25-3/h4-10H,1-3H3,(H,22,23). The molecule has 7 heteroatoms. The molecule has 0 aliphatic carbocycles. The number of nitrogens with one attached hydrogen (secondary N) is 1. The number of ether oxygens (including phenoxy) is 2. The Balaban J connectivity index is 1.88. The largest absolute Gasteiger partial charge is 0.497 e. The van der Waals surface area contributed by atoms with E-state index in [4.69, 9.17) is 21.1 Å². The van der Waals surface area contributed by atoms with Crippen LogP contribution in [-0.2, 0) is 0 Å². The van der Waals surface area contributed by atoms with Crippen molar-refractivity contribution >= 4 is 34.5 Å². The molecule has 0 saturated carbocycles. The molecule has 26 heavy (non-hydrogen) atoms. The average Bonchev–Trinajstić information content (AvgIpc) is 3.08. The van der Waals surface area contributed by atoms with Crippen molar-refractivity contribution in [1.29, 1.82) is 0 Å². The Morgan fingerprint density at radius 2 is 1.96 bits per heavy atom. The van der Waals surface area contributed by atoms with Crippen molar-refractivity contribution in [3.05, 3.63) is 57.4 Å². The van der Waals surface area contributed by atoms with Crippen LogP contribution in [0.25, 0.3) is 11.3 Å². The number of thiazole rings is 1. The first-order chi connectivity index (χ1) is 12.5. The Bertz CT molecular complexity index is 956. The van der Waals surface area contributed by atoms with Crippen LogP contribution in [0.2, 0.25) is 5.02 Å². The van der Waals surface area contributed by atoms with Crippen molar-refractivity contribution in [1.82, 2.24) is 4.98 Å². The molecule has 2 aromatic carbocycles. The number of carbonyl (C=O) groups excluding carboxylic acids is 1. The lowest BCUT2D eigenvalue weighted by molar-refractivity contribution is 0.102. The highest BCUT2D eigenvalue weighted by molar-refractivity contribution is 7.09. The molecule has 0 radical (unpaired) electrons. The SMILES string of the molecule is COc1ccc(C(=O)Nc2ccc(Cl)c(-c3csc(C)n3)c2)c(OC)c1. The molecule has 0 aliphatic rings. The number of methoxy groups -OCH3 is 2. The number of aryl methyl sites for hydroxylation is 1. The fourth-order valence-electron chi connectivity index (χ4n) is 2.47. The van der Waals surface area contributed by atoms with Gasteiger partial charge in [0.1, 0.15) is 11.5 Å². The Hall–Kier alpha value is -2.57. The van der Waals surface area contributed by atoms with E-state index >= 15 is 0 Å². The first kappa shape index (κ1) is 18.2. The summed E-state index contributed by atoms with van der Waals surface area (Å²) in [5.74, 6) is 0.768.